The molecule has 0 radical (unpaired) electrons. The monoisotopic (exact) mass is 394 g/mol. The highest BCUT2D eigenvalue weighted by Gasteiger charge is 2.39. The Bertz CT molecular complexity index is 629. The first kappa shape index (κ1) is 24.1. The zero-order chi connectivity index (χ0) is 21.3. The maximum Gasteiger partial charge on any atom is 0.328 e. The van der Waals surface area contributed by atoms with Crippen LogP contribution >= 0.6 is 0 Å². The molecule has 6 heteroatoms. The van der Waals surface area contributed by atoms with Crippen molar-refractivity contribution in [1.29, 1.82) is 0 Å². The molecule has 0 aromatic heterocycles. The van der Waals surface area contributed by atoms with Gasteiger partial charge in [0, 0.05) is 19.4 Å². The predicted octanol–water partition coefficient (Wildman–Crippen LogP) is 4.23. The second kappa shape index (κ2) is 11.1. The summed E-state index contributed by atoms with van der Waals surface area (Å²) >= 11 is 0. The van der Waals surface area contributed by atoms with Gasteiger partial charge in [-0.2, -0.15) is 0 Å². The molecule has 0 aliphatic carbocycles. The van der Waals surface area contributed by atoms with Gasteiger partial charge in [0.1, 0.15) is 11.7 Å². The topological polar surface area (TPSA) is 89.9 Å². The van der Waals surface area contributed by atoms with Crippen molar-refractivity contribution >= 4 is 17.7 Å². The second-order valence-electron chi connectivity index (χ2n) is 8.27. The maximum absolute atomic E-state index is 11.9. The van der Waals surface area contributed by atoms with Crippen LogP contribution in [0.25, 0.3) is 0 Å². The van der Waals surface area contributed by atoms with E-state index in [0.717, 1.165) is 18.4 Å². The first-order valence-electron chi connectivity index (χ1n) is 9.93. The lowest BCUT2D eigenvalue weighted by Gasteiger charge is -2.35. The van der Waals surface area contributed by atoms with Crippen LogP contribution < -0.4 is 0 Å². The molecule has 1 fully saturated rings. The van der Waals surface area contributed by atoms with Gasteiger partial charge in [-0.1, -0.05) is 25.3 Å². The van der Waals surface area contributed by atoms with E-state index >= 15 is 0 Å². The highest BCUT2D eigenvalue weighted by Crippen LogP contribution is 2.34. The fourth-order valence-electron chi connectivity index (χ4n) is 3.58. The molecule has 0 spiro atoms. The van der Waals surface area contributed by atoms with Gasteiger partial charge in [0.15, 0.2) is 5.78 Å². The van der Waals surface area contributed by atoms with E-state index in [2.05, 4.69) is 6.92 Å². The summed E-state index contributed by atoms with van der Waals surface area (Å²) in [5.41, 5.74) is 1.02. The van der Waals surface area contributed by atoms with Gasteiger partial charge in [0.05, 0.1) is 6.61 Å². The van der Waals surface area contributed by atoms with E-state index in [9.17, 15) is 14.4 Å². The third-order valence-corrected chi connectivity index (χ3v) is 5.00. The number of carbonyl (C=O) groups excluding carboxylic acids is 2. The number of carboxylic acids is 1. The summed E-state index contributed by atoms with van der Waals surface area (Å²) < 4.78 is 11.6. The molecule has 3 atom stereocenters. The smallest absolute Gasteiger partial charge is 0.328 e. The Labute approximate surface area is 168 Å². The van der Waals surface area contributed by atoms with Crippen LogP contribution in [-0.4, -0.2) is 41.1 Å². The zero-order valence-corrected chi connectivity index (χ0v) is 17.7. The van der Waals surface area contributed by atoms with Crippen molar-refractivity contribution in [2.24, 2.45) is 5.92 Å². The van der Waals surface area contributed by atoms with E-state index in [-0.39, 0.29) is 24.3 Å². The van der Waals surface area contributed by atoms with Gasteiger partial charge in [0.25, 0.3) is 0 Å². The number of esters is 1. The zero-order valence-electron chi connectivity index (χ0n) is 17.7. The molecule has 1 saturated heterocycles. The first-order valence-corrected chi connectivity index (χ1v) is 9.93. The Morgan fingerprint density at radius 2 is 2.00 bits per heavy atom. The molecule has 1 heterocycles. The van der Waals surface area contributed by atoms with Crippen LogP contribution in [-0.2, 0) is 23.9 Å². The van der Waals surface area contributed by atoms with Crippen molar-refractivity contribution < 1.29 is 29.0 Å². The quantitative estimate of drug-likeness (QED) is 0.465. The van der Waals surface area contributed by atoms with Gasteiger partial charge in [-0.15, -0.1) is 0 Å². The summed E-state index contributed by atoms with van der Waals surface area (Å²) in [5, 5.41) is 8.98. The molecule has 28 heavy (non-hydrogen) atoms. The fourth-order valence-corrected chi connectivity index (χ4v) is 3.58. The summed E-state index contributed by atoms with van der Waals surface area (Å²) in [6, 6.07) is 0. The SMILES string of the molecule is CC(=O)O[C@@H]1CC/C(=C\C(=O)O)CO[C@@]1(C)CCCC(C)CC(=O)C=C(C)C. The molecule has 0 aromatic carbocycles. The van der Waals surface area contributed by atoms with E-state index in [0.29, 0.717) is 31.3 Å². The molecule has 1 N–H and O–H groups in total. The van der Waals surface area contributed by atoms with Crippen molar-refractivity contribution in [3.8, 4) is 0 Å². The third-order valence-electron chi connectivity index (χ3n) is 5.00. The number of carboxylic acid groups (broad SMARTS) is 1. The molecular formula is C22H34O6. The van der Waals surface area contributed by atoms with Crippen LogP contribution in [0.15, 0.2) is 23.3 Å². The molecule has 0 aromatic rings. The number of ether oxygens (including phenoxy) is 2. The normalized spacial score (nSPS) is 24.9. The van der Waals surface area contributed by atoms with E-state index in [1.807, 2.05) is 20.8 Å². The van der Waals surface area contributed by atoms with Gasteiger partial charge >= 0.3 is 11.9 Å². The molecule has 6 nitrogen and oxygen atoms in total. The predicted molar refractivity (Wildman–Crippen MR) is 107 cm³/mol. The summed E-state index contributed by atoms with van der Waals surface area (Å²) in [6.45, 7) is 9.39. The van der Waals surface area contributed by atoms with Crippen molar-refractivity contribution in [3.63, 3.8) is 0 Å². The van der Waals surface area contributed by atoms with Crippen molar-refractivity contribution in [2.75, 3.05) is 6.61 Å². The lowest BCUT2D eigenvalue weighted by atomic mass is 9.87. The molecular weight excluding hydrogens is 360 g/mol. The summed E-state index contributed by atoms with van der Waals surface area (Å²) in [5.74, 6) is -0.968. The van der Waals surface area contributed by atoms with E-state index in [4.69, 9.17) is 14.6 Å². The minimum atomic E-state index is -0.999. The second-order valence-corrected chi connectivity index (χ2v) is 8.27. The number of rotatable bonds is 9. The Kier molecular flexibility index (Phi) is 9.59. The molecule has 0 saturated carbocycles. The van der Waals surface area contributed by atoms with Crippen LogP contribution in [0.3, 0.4) is 0 Å². The Hall–Kier alpha value is -1.95. The van der Waals surface area contributed by atoms with Gasteiger partial charge in [-0.3, -0.25) is 9.59 Å². The Morgan fingerprint density at radius 1 is 1.32 bits per heavy atom. The molecule has 1 aliphatic rings. The average molecular weight is 395 g/mol. The number of aliphatic carboxylic acids is 1. The summed E-state index contributed by atoms with van der Waals surface area (Å²) in [6.07, 6.45) is 6.37. The lowest BCUT2D eigenvalue weighted by Crippen LogP contribution is -2.43. The first-order chi connectivity index (χ1) is 13.0. The number of ketones is 1. The summed E-state index contributed by atoms with van der Waals surface area (Å²) in [7, 11) is 0. The molecule has 158 valence electrons. The van der Waals surface area contributed by atoms with E-state index < -0.39 is 17.7 Å². The van der Waals surface area contributed by atoms with Gasteiger partial charge in [-0.25, -0.2) is 4.79 Å². The molecule has 1 unspecified atom stereocenters. The molecule has 0 amide bonds. The number of allylic oxidation sites excluding steroid dienone is 2. The average Bonchev–Trinajstić information content (AvgIpc) is 2.67. The minimum Gasteiger partial charge on any atom is -0.478 e. The van der Waals surface area contributed by atoms with Crippen LogP contribution in [0, 0.1) is 5.92 Å². The molecule has 1 aliphatic heterocycles. The van der Waals surface area contributed by atoms with E-state index in [1.54, 1.807) is 6.08 Å². The van der Waals surface area contributed by atoms with Crippen molar-refractivity contribution in [2.45, 2.75) is 84.8 Å². The third kappa shape index (κ3) is 8.83. The molecule has 0 bridgehead atoms. The van der Waals surface area contributed by atoms with Crippen LogP contribution in [0.5, 0.6) is 0 Å². The molecule has 1 rings (SSSR count). The fraction of sp³-hybridized carbons (Fsp3) is 0.682. The maximum atomic E-state index is 11.9. The Morgan fingerprint density at radius 3 is 2.57 bits per heavy atom. The summed E-state index contributed by atoms with van der Waals surface area (Å²) in [4.78, 5) is 34.4. The highest BCUT2D eigenvalue weighted by molar-refractivity contribution is 5.90. The van der Waals surface area contributed by atoms with Crippen LogP contribution in [0.1, 0.15) is 73.1 Å². The highest BCUT2D eigenvalue weighted by atomic mass is 16.6. The number of hydrogen-bond donors (Lipinski definition) is 1. The number of hydrogen-bond acceptors (Lipinski definition) is 5. The van der Waals surface area contributed by atoms with Gasteiger partial charge in [-0.05, 0) is 57.6 Å². The number of carbonyl (C=O) groups is 3. The van der Waals surface area contributed by atoms with Crippen molar-refractivity contribution in [3.05, 3.63) is 23.3 Å². The van der Waals surface area contributed by atoms with Gasteiger partial charge in [0.2, 0.25) is 0 Å². The van der Waals surface area contributed by atoms with E-state index in [1.165, 1.54) is 13.0 Å². The lowest BCUT2D eigenvalue weighted by molar-refractivity contribution is -0.167. The standard InChI is InChI=1S/C22H34O6/c1-15(2)11-19(24)12-16(3)7-6-10-22(5)20(28-17(4)23)9-8-18(14-27-22)13-21(25)26/h11,13,16,20H,6-10,12,14H2,1-5H3,(H,25,26)/b18-13+/t16?,20-,22+/m1/s1. The van der Waals surface area contributed by atoms with Gasteiger partial charge < -0.3 is 14.6 Å². The van der Waals surface area contributed by atoms with Crippen molar-refractivity contribution in [1.82, 2.24) is 0 Å². The Balaban J connectivity index is 2.71. The largest absolute Gasteiger partial charge is 0.478 e. The minimum absolute atomic E-state index is 0.144. The van der Waals surface area contributed by atoms with Crippen LogP contribution in [0.2, 0.25) is 0 Å². The van der Waals surface area contributed by atoms with Crippen LogP contribution in [0.4, 0.5) is 0 Å².